The molecule has 3 heterocycles. The lowest BCUT2D eigenvalue weighted by molar-refractivity contribution is 0.0725. The van der Waals surface area contributed by atoms with Gasteiger partial charge >= 0.3 is 0 Å². The molecule has 1 amide bonds. The van der Waals surface area contributed by atoms with Crippen LogP contribution in [0.1, 0.15) is 21.6 Å². The van der Waals surface area contributed by atoms with Gasteiger partial charge in [-0.25, -0.2) is 9.50 Å². The van der Waals surface area contributed by atoms with Crippen molar-refractivity contribution < 1.29 is 14.3 Å². The average molecular weight is 338 g/mol. The lowest BCUT2D eigenvalue weighted by atomic mass is 9.98. The predicted octanol–water partition coefficient (Wildman–Crippen LogP) is 1.95. The zero-order valence-corrected chi connectivity index (χ0v) is 14.1. The zero-order chi connectivity index (χ0) is 17.4. The number of methoxy groups -OCH3 is 2. The summed E-state index contributed by atoms with van der Waals surface area (Å²) >= 11 is 0. The van der Waals surface area contributed by atoms with Gasteiger partial charge in [-0.2, -0.15) is 5.10 Å². The van der Waals surface area contributed by atoms with E-state index in [1.807, 2.05) is 17.0 Å². The number of benzene rings is 1. The number of hydrogen-bond acceptors (Lipinski definition) is 5. The minimum Gasteiger partial charge on any atom is -0.493 e. The Labute approximate surface area is 144 Å². The highest BCUT2D eigenvalue weighted by Gasteiger charge is 2.25. The molecular formula is C18H18N4O3. The first-order valence-electron chi connectivity index (χ1n) is 8.03. The molecule has 128 valence electrons. The van der Waals surface area contributed by atoms with Crippen LogP contribution in [-0.4, -0.2) is 46.2 Å². The van der Waals surface area contributed by atoms with Gasteiger partial charge in [-0.05, 0) is 35.7 Å². The number of ether oxygens (including phenoxy) is 2. The molecule has 3 aromatic rings. The van der Waals surface area contributed by atoms with Gasteiger partial charge in [0.05, 0.1) is 20.4 Å². The molecule has 4 rings (SSSR count). The summed E-state index contributed by atoms with van der Waals surface area (Å²) in [6.07, 6.45) is 4.05. The fraction of sp³-hybridized carbons (Fsp3) is 0.278. The third-order valence-electron chi connectivity index (χ3n) is 4.51. The van der Waals surface area contributed by atoms with Crippen molar-refractivity contribution in [1.82, 2.24) is 19.5 Å². The molecule has 0 unspecified atom stereocenters. The van der Waals surface area contributed by atoms with Gasteiger partial charge in [0.1, 0.15) is 5.69 Å². The van der Waals surface area contributed by atoms with Gasteiger partial charge in [0.2, 0.25) is 0 Å². The van der Waals surface area contributed by atoms with Crippen LogP contribution in [0.4, 0.5) is 0 Å². The molecule has 1 aliphatic rings. The summed E-state index contributed by atoms with van der Waals surface area (Å²) in [7, 11) is 3.24. The first-order chi connectivity index (χ1) is 12.2. The van der Waals surface area contributed by atoms with Crippen molar-refractivity contribution in [2.45, 2.75) is 13.0 Å². The van der Waals surface area contributed by atoms with Gasteiger partial charge in [-0.3, -0.25) is 4.79 Å². The van der Waals surface area contributed by atoms with Crippen LogP contribution in [0.2, 0.25) is 0 Å². The highest BCUT2D eigenvalue weighted by atomic mass is 16.5. The van der Waals surface area contributed by atoms with E-state index >= 15 is 0 Å². The van der Waals surface area contributed by atoms with E-state index in [2.05, 4.69) is 10.1 Å². The van der Waals surface area contributed by atoms with E-state index in [0.29, 0.717) is 35.9 Å². The number of aromatic nitrogens is 3. The Morgan fingerprint density at radius 2 is 1.84 bits per heavy atom. The summed E-state index contributed by atoms with van der Waals surface area (Å²) in [6, 6.07) is 7.42. The van der Waals surface area contributed by atoms with Crippen LogP contribution in [0.5, 0.6) is 11.5 Å². The van der Waals surface area contributed by atoms with Crippen molar-refractivity contribution >= 4 is 11.6 Å². The summed E-state index contributed by atoms with van der Waals surface area (Å²) in [5.41, 5.74) is 3.43. The van der Waals surface area contributed by atoms with Crippen LogP contribution in [0.15, 0.2) is 36.7 Å². The first kappa shape index (κ1) is 15.4. The normalized spacial score (nSPS) is 13.6. The molecule has 1 aromatic carbocycles. The zero-order valence-electron chi connectivity index (χ0n) is 14.1. The molecule has 0 N–H and O–H groups in total. The molecule has 0 atom stereocenters. The van der Waals surface area contributed by atoms with Crippen LogP contribution in [0.3, 0.4) is 0 Å². The SMILES string of the molecule is COc1cc2c(cc1OC)CN(C(=O)c1ccnc3ccnn13)CC2. The van der Waals surface area contributed by atoms with E-state index in [4.69, 9.17) is 9.47 Å². The van der Waals surface area contributed by atoms with Crippen molar-refractivity contribution in [2.24, 2.45) is 0 Å². The highest BCUT2D eigenvalue weighted by molar-refractivity contribution is 5.93. The van der Waals surface area contributed by atoms with Crippen molar-refractivity contribution in [1.29, 1.82) is 0 Å². The molecule has 7 heteroatoms. The van der Waals surface area contributed by atoms with E-state index in [9.17, 15) is 4.79 Å². The van der Waals surface area contributed by atoms with Crippen LogP contribution in [-0.2, 0) is 13.0 Å². The maximum absolute atomic E-state index is 13.0. The van der Waals surface area contributed by atoms with Gasteiger partial charge in [0, 0.05) is 25.4 Å². The lowest BCUT2D eigenvalue weighted by Crippen LogP contribution is -2.37. The Morgan fingerprint density at radius 3 is 2.60 bits per heavy atom. The number of carbonyl (C=O) groups excluding carboxylic acids is 1. The molecular weight excluding hydrogens is 320 g/mol. The molecule has 1 aliphatic heterocycles. The van der Waals surface area contributed by atoms with Crippen LogP contribution in [0, 0.1) is 0 Å². The third-order valence-corrected chi connectivity index (χ3v) is 4.51. The Balaban J connectivity index is 1.66. The largest absolute Gasteiger partial charge is 0.493 e. The van der Waals surface area contributed by atoms with Crippen molar-refractivity contribution in [3.05, 3.63) is 53.5 Å². The molecule has 0 spiro atoms. The van der Waals surface area contributed by atoms with Gasteiger partial charge < -0.3 is 14.4 Å². The Hall–Kier alpha value is -3.09. The Bertz CT molecular complexity index is 951. The van der Waals surface area contributed by atoms with Gasteiger partial charge in [0.25, 0.3) is 5.91 Å². The molecule has 0 radical (unpaired) electrons. The fourth-order valence-corrected chi connectivity index (χ4v) is 3.22. The molecule has 0 fully saturated rings. The van der Waals surface area contributed by atoms with Crippen molar-refractivity contribution in [3.63, 3.8) is 0 Å². The van der Waals surface area contributed by atoms with Crippen molar-refractivity contribution in [2.75, 3.05) is 20.8 Å². The van der Waals surface area contributed by atoms with Crippen LogP contribution < -0.4 is 9.47 Å². The Kier molecular flexibility index (Phi) is 3.76. The highest BCUT2D eigenvalue weighted by Crippen LogP contribution is 2.33. The number of hydrogen-bond donors (Lipinski definition) is 0. The number of carbonyl (C=O) groups is 1. The molecule has 25 heavy (non-hydrogen) atoms. The summed E-state index contributed by atoms with van der Waals surface area (Å²) < 4.78 is 12.3. The van der Waals surface area contributed by atoms with E-state index in [-0.39, 0.29) is 5.91 Å². The van der Waals surface area contributed by atoms with Gasteiger partial charge in [0.15, 0.2) is 17.1 Å². The third kappa shape index (κ3) is 2.57. The van der Waals surface area contributed by atoms with E-state index < -0.39 is 0 Å². The number of nitrogens with zero attached hydrogens (tertiary/aromatic N) is 4. The quantitative estimate of drug-likeness (QED) is 0.730. The minimum absolute atomic E-state index is 0.0588. The second-order valence-corrected chi connectivity index (χ2v) is 5.88. The summed E-state index contributed by atoms with van der Waals surface area (Å²) in [6.45, 7) is 1.17. The lowest BCUT2D eigenvalue weighted by Gasteiger charge is -2.29. The molecule has 0 saturated heterocycles. The molecule has 0 saturated carbocycles. The topological polar surface area (TPSA) is 69.0 Å². The summed E-state index contributed by atoms with van der Waals surface area (Å²) in [5, 5.41) is 4.20. The van der Waals surface area contributed by atoms with Gasteiger partial charge in [-0.15, -0.1) is 0 Å². The summed E-state index contributed by atoms with van der Waals surface area (Å²) in [5.74, 6) is 1.33. The molecule has 0 bridgehead atoms. The van der Waals surface area contributed by atoms with E-state index in [1.165, 1.54) is 5.56 Å². The van der Waals surface area contributed by atoms with Crippen molar-refractivity contribution in [3.8, 4) is 11.5 Å². The molecule has 2 aromatic heterocycles. The predicted molar refractivity (Wildman–Crippen MR) is 91.0 cm³/mol. The number of fused-ring (bicyclic) bond motifs is 2. The monoisotopic (exact) mass is 338 g/mol. The number of rotatable bonds is 3. The number of amides is 1. The Morgan fingerprint density at radius 1 is 1.08 bits per heavy atom. The van der Waals surface area contributed by atoms with E-state index in [0.717, 1.165) is 12.0 Å². The first-order valence-corrected chi connectivity index (χ1v) is 8.03. The fourth-order valence-electron chi connectivity index (χ4n) is 3.22. The molecule has 0 aliphatic carbocycles. The second-order valence-electron chi connectivity index (χ2n) is 5.88. The maximum atomic E-state index is 13.0. The molecule has 7 nitrogen and oxygen atoms in total. The van der Waals surface area contributed by atoms with Crippen LogP contribution >= 0.6 is 0 Å². The van der Waals surface area contributed by atoms with E-state index in [1.54, 1.807) is 43.3 Å². The summed E-state index contributed by atoms with van der Waals surface area (Å²) in [4.78, 5) is 19.0. The standard InChI is InChI=1S/C18H18N4O3/c1-24-15-9-12-5-8-21(11-13(12)10-16(15)25-2)18(23)14-3-6-19-17-4-7-20-22(14)17/h3-4,6-7,9-10H,5,8,11H2,1-2H3. The second kappa shape index (κ2) is 6.08. The smallest absolute Gasteiger partial charge is 0.272 e. The van der Waals surface area contributed by atoms with Gasteiger partial charge in [-0.1, -0.05) is 0 Å². The minimum atomic E-state index is -0.0588. The maximum Gasteiger partial charge on any atom is 0.272 e. The van der Waals surface area contributed by atoms with Crippen LogP contribution in [0.25, 0.3) is 5.65 Å². The average Bonchev–Trinajstić information content (AvgIpc) is 3.14.